The van der Waals surface area contributed by atoms with E-state index in [1.807, 2.05) is 6.08 Å². The smallest absolute Gasteiger partial charge is 0.220 e. The molecule has 0 aromatic heterocycles. The Bertz CT molecular complexity index is 1900. The van der Waals surface area contributed by atoms with Gasteiger partial charge in [-0.2, -0.15) is 0 Å². The number of carbonyl (C=O) groups excluding carboxylic acids is 1. The van der Waals surface area contributed by atoms with Gasteiger partial charge in [0.1, 0.15) is 73.2 Å². The molecule has 0 radical (unpaired) electrons. The minimum absolute atomic E-state index is 0.248. The summed E-state index contributed by atoms with van der Waals surface area (Å²) < 4.78 is 34.3. The van der Waals surface area contributed by atoms with Crippen LogP contribution in [0.15, 0.2) is 36.5 Å². The van der Waals surface area contributed by atoms with Crippen LogP contribution in [0.2, 0.25) is 0 Å². The molecule has 1 amide bonds. The molecule has 17 atom stereocenters. The Hall–Kier alpha value is -1.99. The van der Waals surface area contributed by atoms with Gasteiger partial charge in [-0.05, 0) is 51.4 Å². The van der Waals surface area contributed by atoms with Gasteiger partial charge in [0.25, 0.3) is 0 Å². The number of amides is 1. The Morgan fingerprint density at radius 1 is 0.371 bits per heavy atom. The quantitative estimate of drug-likeness (QED) is 0.0199. The third-order valence-electron chi connectivity index (χ3n) is 19.9. The van der Waals surface area contributed by atoms with E-state index in [9.17, 15) is 61.0 Å². The van der Waals surface area contributed by atoms with Crippen molar-refractivity contribution in [1.29, 1.82) is 0 Å². The van der Waals surface area contributed by atoms with Crippen molar-refractivity contribution in [1.82, 2.24) is 5.32 Å². The number of aliphatic hydroxyl groups is 11. The van der Waals surface area contributed by atoms with E-state index in [-0.39, 0.29) is 18.9 Å². The Balaban J connectivity index is 1.25. The maximum absolute atomic E-state index is 13.4. The van der Waals surface area contributed by atoms with E-state index in [1.54, 1.807) is 6.08 Å². The zero-order valence-electron chi connectivity index (χ0n) is 60.8. The van der Waals surface area contributed by atoms with Gasteiger partial charge in [0, 0.05) is 6.42 Å². The lowest BCUT2D eigenvalue weighted by molar-refractivity contribution is -0.379. The highest BCUT2D eigenvalue weighted by molar-refractivity contribution is 5.76. The molecule has 3 aliphatic heterocycles. The number of allylic oxidation sites excluding steroid dienone is 5. The molecule has 19 heteroatoms. The summed E-state index contributed by atoms with van der Waals surface area (Å²) in [5.74, 6) is -0.271. The van der Waals surface area contributed by atoms with Crippen molar-refractivity contribution < 1.29 is 89.4 Å². The molecule has 570 valence electrons. The fourth-order valence-electron chi connectivity index (χ4n) is 13.5. The van der Waals surface area contributed by atoms with Crippen LogP contribution in [0.5, 0.6) is 0 Å². The standard InChI is InChI=1S/C78H145NO18/c1-3-5-7-9-11-13-15-16-17-18-19-20-21-22-23-24-25-26-27-28-29-30-31-32-33-34-35-36-37-38-39-40-41-42-43-44-46-48-50-52-54-56-66(84)79-61(62(83)55-53-51-49-47-45-14-12-10-8-6-4-2)60-92-76-72(90)69(87)74(64(58-81)94-76)97-78-73(91)70(88)75(65(59-82)95-78)96-77-71(89)68(86)67(85)63(57-80)93-77/h15-16,18-19,53,55,61-65,67-78,80-83,85-91H,3-14,17,20-52,54,56-60H2,1-2H3,(H,79,84)/b16-15-,19-18-,55-53+. The van der Waals surface area contributed by atoms with Gasteiger partial charge in [0.2, 0.25) is 5.91 Å². The summed E-state index contributed by atoms with van der Waals surface area (Å²) in [5.41, 5.74) is 0. The maximum Gasteiger partial charge on any atom is 0.220 e. The molecule has 0 spiro atoms. The molecule has 3 rings (SSSR count). The number of unbranched alkanes of at least 4 members (excludes halogenated alkanes) is 43. The van der Waals surface area contributed by atoms with E-state index in [1.165, 1.54) is 244 Å². The molecule has 17 unspecified atom stereocenters. The molecular weight excluding hydrogens is 1240 g/mol. The zero-order valence-corrected chi connectivity index (χ0v) is 60.8. The van der Waals surface area contributed by atoms with Crippen LogP contribution in [0.1, 0.15) is 322 Å². The number of ether oxygens (including phenoxy) is 6. The number of rotatable bonds is 63. The van der Waals surface area contributed by atoms with Gasteiger partial charge in [-0.15, -0.1) is 0 Å². The average Bonchev–Trinajstić information content (AvgIpc) is 0.790. The van der Waals surface area contributed by atoms with Crippen LogP contribution in [0.3, 0.4) is 0 Å². The van der Waals surface area contributed by atoms with E-state index < -0.39 is 124 Å². The summed E-state index contributed by atoms with van der Waals surface area (Å²) in [7, 11) is 0. The summed E-state index contributed by atoms with van der Waals surface area (Å²) in [6.45, 7) is 1.73. The summed E-state index contributed by atoms with van der Waals surface area (Å²) in [5, 5.41) is 120. The predicted octanol–water partition coefficient (Wildman–Crippen LogP) is 12.7. The molecule has 3 saturated heterocycles. The van der Waals surface area contributed by atoms with E-state index >= 15 is 0 Å². The van der Waals surface area contributed by atoms with E-state index in [0.29, 0.717) is 6.42 Å². The Morgan fingerprint density at radius 3 is 1.05 bits per heavy atom. The van der Waals surface area contributed by atoms with Crippen LogP contribution in [0.4, 0.5) is 0 Å². The fourth-order valence-corrected chi connectivity index (χ4v) is 13.5. The predicted molar refractivity (Wildman–Crippen MR) is 383 cm³/mol. The van der Waals surface area contributed by atoms with Crippen molar-refractivity contribution >= 4 is 5.91 Å². The molecule has 97 heavy (non-hydrogen) atoms. The van der Waals surface area contributed by atoms with Gasteiger partial charge in [-0.25, -0.2) is 0 Å². The number of aliphatic hydroxyl groups excluding tert-OH is 11. The van der Waals surface area contributed by atoms with E-state index in [2.05, 4.69) is 43.5 Å². The van der Waals surface area contributed by atoms with Gasteiger partial charge < -0.3 is 89.9 Å². The van der Waals surface area contributed by atoms with Crippen molar-refractivity contribution in [2.24, 2.45) is 0 Å². The van der Waals surface area contributed by atoms with Crippen LogP contribution in [-0.2, 0) is 33.2 Å². The Labute approximate surface area is 587 Å². The van der Waals surface area contributed by atoms with Crippen LogP contribution < -0.4 is 5.32 Å². The molecule has 19 nitrogen and oxygen atoms in total. The summed E-state index contributed by atoms with van der Waals surface area (Å²) >= 11 is 0. The molecular formula is C78H145NO18. The van der Waals surface area contributed by atoms with E-state index in [0.717, 1.165) is 51.4 Å². The minimum Gasteiger partial charge on any atom is -0.394 e. The largest absolute Gasteiger partial charge is 0.394 e. The lowest BCUT2D eigenvalue weighted by atomic mass is 9.96. The number of hydrogen-bond donors (Lipinski definition) is 12. The lowest BCUT2D eigenvalue weighted by Gasteiger charge is -2.48. The van der Waals surface area contributed by atoms with Gasteiger partial charge in [-0.1, -0.05) is 301 Å². The SMILES string of the molecule is CCCCCCC/C=C\C/C=C\CCCCCCCCCCCCCCCCCCCCCCCCCCCCCCCC(=O)NC(COC1OC(CO)C(OC2OC(CO)C(OC3OC(CO)C(O)C(O)C3O)C(O)C2O)C(O)C1O)C(O)/C=C/CCCCCCCCCCC. The van der Waals surface area contributed by atoms with Gasteiger partial charge in [-0.3, -0.25) is 4.79 Å². The van der Waals surface area contributed by atoms with Crippen molar-refractivity contribution in [2.75, 3.05) is 26.4 Å². The van der Waals surface area contributed by atoms with Gasteiger partial charge in [0.15, 0.2) is 18.9 Å². The summed E-state index contributed by atoms with van der Waals surface area (Å²) in [6.07, 6.45) is 46.2. The van der Waals surface area contributed by atoms with Crippen molar-refractivity contribution in [3.63, 3.8) is 0 Å². The molecule has 3 fully saturated rings. The first-order valence-corrected chi connectivity index (χ1v) is 39.7. The van der Waals surface area contributed by atoms with Gasteiger partial charge >= 0.3 is 0 Å². The minimum atomic E-state index is -1.98. The Kier molecular flexibility index (Phi) is 54.6. The highest BCUT2D eigenvalue weighted by Crippen LogP contribution is 2.33. The van der Waals surface area contributed by atoms with Crippen LogP contribution in [-0.4, -0.2) is 193 Å². The second-order valence-corrected chi connectivity index (χ2v) is 28.5. The molecule has 3 aliphatic rings. The molecule has 0 aromatic carbocycles. The fraction of sp³-hybridized carbons (Fsp3) is 0.910. The van der Waals surface area contributed by atoms with Crippen LogP contribution in [0, 0.1) is 0 Å². The molecule has 0 aromatic rings. The molecule has 0 aliphatic carbocycles. The lowest BCUT2D eigenvalue weighted by Crippen LogP contribution is -2.66. The van der Waals surface area contributed by atoms with Crippen molar-refractivity contribution in [3.05, 3.63) is 36.5 Å². The zero-order chi connectivity index (χ0) is 70.4. The van der Waals surface area contributed by atoms with Gasteiger partial charge in [0.05, 0.1) is 38.6 Å². The normalized spacial score (nSPS) is 27.0. The molecule has 0 bridgehead atoms. The number of carbonyl (C=O) groups is 1. The van der Waals surface area contributed by atoms with Crippen LogP contribution in [0.25, 0.3) is 0 Å². The molecule has 0 saturated carbocycles. The third kappa shape index (κ3) is 40.0. The first-order valence-electron chi connectivity index (χ1n) is 39.7. The first-order chi connectivity index (χ1) is 47.3. The Morgan fingerprint density at radius 2 is 0.680 bits per heavy atom. The third-order valence-corrected chi connectivity index (χ3v) is 19.9. The highest BCUT2D eigenvalue weighted by atomic mass is 16.8. The van der Waals surface area contributed by atoms with E-state index in [4.69, 9.17) is 28.4 Å². The topological polar surface area (TPSA) is 307 Å². The number of nitrogens with one attached hydrogen (secondary N) is 1. The monoisotopic (exact) mass is 1380 g/mol. The van der Waals surface area contributed by atoms with Crippen molar-refractivity contribution in [3.8, 4) is 0 Å². The summed E-state index contributed by atoms with van der Waals surface area (Å²) in [4.78, 5) is 13.4. The first kappa shape index (κ1) is 89.2. The number of hydrogen-bond acceptors (Lipinski definition) is 18. The van der Waals surface area contributed by atoms with Crippen molar-refractivity contribution in [2.45, 2.75) is 426 Å². The molecule has 12 N–H and O–H groups in total. The van der Waals surface area contributed by atoms with Crippen LogP contribution >= 0.6 is 0 Å². The maximum atomic E-state index is 13.4. The second-order valence-electron chi connectivity index (χ2n) is 28.5. The highest BCUT2D eigenvalue weighted by Gasteiger charge is 2.53. The summed E-state index contributed by atoms with van der Waals surface area (Å²) in [6, 6.07) is -0.969. The molecule has 3 heterocycles. The second kappa shape index (κ2) is 59.4. The average molecular weight is 1390 g/mol.